The van der Waals surface area contributed by atoms with Crippen LogP contribution >= 0.6 is 23.4 Å². The molecule has 2 aromatic heterocycles. The van der Waals surface area contributed by atoms with Crippen molar-refractivity contribution in [3.8, 4) is 0 Å². The predicted octanol–water partition coefficient (Wildman–Crippen LogP) is 4.12. The number of rotatable bonds is 5. The molecule has 0 aliphatic carbocycles. The normalized spacial score (nSPS) is 11.0. The lowest BCUT2D eigenvalue weighted by molar-refractivity contribution is -0.113. The molecule has 8 heteroatoms. The Bertz CT molecular complexity index is 1130. The van der Waals surface area contributed by atoms with Crippen molar-refractivity contribution in [1.29, 1.82) is 0 Å². The largest absolute Gasteiger partial charge is 0.325 e. The highest BCUT2D eigenvalue weighted by Crippen LogP contribution is 2.24. The molecule has 1 aromatic carbocycles. The predicted molar refractivity (Wildman–Crippen MR) is 114 cm³/mol. The summed E-state index contributed by atoms with van der Waals surface area (Å²) in [5.74, 6) is -0.0740. The Morgan fingerprint density at radius 2 is 2.00 bits per heavy atom. The lowest BCUT2D eigenvalue weighted by Gasteiger charge is -2.14. The summed E-state index contributed by atoms with van der Waals surface area (Å²) in [6.45, 7) is 8.18. The fraction of sp³-hybridized carbons (Fsp3) is 0.300. The summed E-state index contributed by atoms with van der Waals surface area (Å²) < 4.78 is 1.87. The van der Waals surface area contributed by atoms with E-state index >= 15 is 0 Å². The number of carbonyl (C=O) groups excluding carboxylic acids is 1. The van der Waals surface area contributed by atoms with Gasteiger partial charge in [-0.3, -0.25) is 9.59 Å². The van der Waals surface area contributed by atoms with E-state index in [1.165, 1.54) is 11.8 Å². The zero-order valence-corrected chi connectivity index (χ0v) is 17.7. The molecule has 0 aliphatic rings. The Balaban J connectivity index is 1.87. The minimum atomic E-state index is -0.321. The number of benzene rings is 1. The van der Waals surface area contributed by atoms with Gasteiger partial charge in [0.25, 0.3) is 5.56 Å². The van der Waals surface area contributed by atoms with Crippen LogP contribution in [0.1, 0.15) is 23.7 Å². The Labute approximate surface area is 172 Å². The Morgan fingerprint density at radius 1 is 1.25 bits per heavy atom. The van der Waals surface area contributed by atoms with E-state index in [2.05, 4.69) is 15.3 Å². The number of thioether (sulfide) groups is 1. The van der Waals surface area contributed by atoms with Crippen LogP contribution in [-0.4, -0.2) is 26.2 Å². The third-order valence-electron chi connectivity index (χ3n) is 4.41. The van der Waals surface area contributed by atoms with Crippen molar-refractivity contribution >= 4 is 46.0 Å². The second-order valence-corrected chi connectivity index (χ2v) is 7.82. The Kier molecular flexibility index (Phi) is 6.05. The monoisotopic (exact) mass is 416 g/mol. The molecule has 1 amide bonds. The molecule has 0 atom stereocenters. The van der Waals surface area contributed by atoms with Gasteiger partial charge in [0.1, 0.15) is 5.65 Å². The molecule has 0 saturated heterocycles. The molecule has 0 spiro atoms. The number of hydrogen-bond donors (Lipinski definition) is 1. The van der Waals surface area contributed by atoms with Crippen LogP contribution in [0.5, 0.6) is 0 Å². The first-order valence-corrected chi connectivity index (χ1v) is 10.2. The van der Waals surface area contributed by atoms with Gasteiger partial charge in [-0.1, -0.05) is 29.4 Å². The van der Waals surface area contributed by atoms with Crippen LogP contribution in [0.15, 0.2) is 34.2 Å². The number of nitrogens with zero attached hydrogens (tertiary/aromatic N) is 3. The summed E-state index contributed by atoms with van der Waals surface area (Å²) in [7, 11) is 0. The second kappa shape index (κ2) is 8.32. The molecule has 0 saturated carbocycles. The first-order chi connectivity index (χ1) is 13.3. The molecule has 6 nitrogen and oxygen atoms in total. The summed E-state index contributed by atoms with van der Waals surface area (Å²) in [6.07, 6.45) is 0. The number of nitrogens with one attached hydrogen (secondary N) is 1. The van der Waals surface area contributed by atoms with Gasteiger partial charge in [-0.05, 0) is 57.0 Å². The fourth-order valence-corrected chi connectivity index (χ4v) is 4.05. The number of pyridine rings is 1. The van der Waals surface area contributed by atoms with E-state index in [0.717, 1.165) is 16.8 Å². The summed E-state index contributed by atoms with van der Waals surface area (Å²) in [6, 6.07) is 7.24. The average molecular weight is 417 g/mol. The van der Waals surface area contributed by atoms with Crippen LogP contribution in [-0.2, 0) is 11.3 Å². The molecular weight excluding hydrogens is 396 g/mol. The highest BCUT2D eigenvalue weighted by atomic mass is 35.5. The van der Waals surface area contributed by atoms with Gasteiger partial charge < -0.3 is 9.88 Å². The minimum Gasteiger partial charge on any atom is -0.325 e. The SMILES string of the molecule is CCn1c(SCC(=O)Nc2cccc(Cl)c2C)nc(=O)c2c(C)cc(C)nc21. The third kappa shape index (κ3) is 4.05. The summed E-state index contributed by atoms with van der Waals surface area (Å²) in [5, 5.41) is 4.46. The van der Waals surface area contributed by atoms with E-state index in [4.69, 9.17) is 11.6 Å². The van der Waals surface area contributed by atoms with Gasteiger partial charge >= 0.3 is 0 Å². The van der Waals surface area contributed by atoms with Crippen molar-refractivity contribution in [3.05, 3.63) is 56.5 Å². The van der Waals surface area contributed by atoms with Crippen molar-refractivity contribution in [1.82, 2.24) is 14.5 Å². The van der Waals surface area contributed by atoms with Crippen LogP contribution in [0.2, 0.25) is 5.02 Å². The number of fused-ring (bicyclic) bond motifs is 1. The lowest BCUT2D eigenvalue weighted by atomic mass is 10.2. The molecule has 1 N–H and O–H groups in total. The molecule has 0 radical (unpaired) electrons. The Morgan fingerprint density at radius 3 is 2.71 bits per heavy atom. The quantitative estimate of drug-likeness (QED) is 0.500. The van der Waals surface area contributed by atoms with Gasteiger partial charge in [0, 0.05) is 22.9 Å². The van der Waals surface area contributed by atoms with Crippen molar-refractivity contribution in [2.24, 2.45) is 0 Å². The van der Waals surface area contributed by atoms with Crippen LogP contribution in [0.25, 0.3) is 11.0 Å². The molecule has 3 rings (SSSR count). The second-order valence-electron chi connectivity index (χ2n) is 6.47. The topological polar surface area (TPSA) is 76.9 Å². The lowest BCUT2D eigenvalue weighted by Crippen LogP contribution is -2.20. The van der Waals surface area contributed by atoms with Crippen LogP contribution < -0.4 is 10.9 Å². The zero-order valence-electron chi connectivity index (χ0n) is 16.2. The maximum Gasteiger partial charge on any atom is 0.283 e. The van der Waals surface area contributed by atoms with Crippen LogP contribution in [0.4, 0.5) is 5.69 Å². The summed E-state index contributed by atoms with van der Waals surface area (Å²) >= 11 is 7.31. The molecule has 146 valence electrons. The number of amides is 1. The van der Waals surface area contributed by atoms with Gasteiger partial charge in [0.15, 0.2) is 5.16 Å². The number of hydrogen-bond acceptors (Lipinski definition) is 5. The van der Waals surface area contributed by atoms with Gasteiger partial charge in [0.2, 0.25) is 5.91 Å². The van der Waals surface area contributed by atoms with E-state index < -0.39 is 0 Å². The molecule has 3 aromatic rings. The molecule has 0 aliphatic heterocycles. The van der Waals surface area contributed by atoms with Crippen LogP contribution in [0.3, 0.4) is 0 Å². The molecular formula is C20H21ClN4O2S. The van der Waals surface area contributed by atoms with Gasteiger partial charge in [0.05, 0.1) is 11.1 Å². The number of aryl methyl sites for hydroxylation is 3. The summed E-state index contributed by atoms with van der Waals surface area (Å²) in [5.41, 5.74) is 3.46. The van der Waals surface area contributed by atoms with E-state index in [1.807, 2.05) is 38.3 Å². The molecule has 2 heterocycles. The number of carbonyl (C=O) groups is 1. The van der Waals surface area contributed by atoms with Gasteiger partial charge in [-0.2, -0.15) is 4.98 Å². The number of aromatic nitrogens is 3. The maximum atomic E-state index is 12.5. The number of anilines is 1. The highest BCUT2D eigenvalue weighted by Gasteiger charge is 2.16. The van der Waals surface area contributed by atoms with Gasteiger partial charge in [-0.15, -0.1) is 0 Å². The standard InChI is InChI=1S/C20H21ClN4O2S/c1-5-25-18-17(11(2)9-12(3)22-18)19(27)24-20(25)28-10-16(26)23-15-8-6-7-14(21)13(15)4/h6-9H,5,10H2,1-4H3,(H,23,26). The van der Waals surface area contributed by atoms with Crippen molar-refractivity contribution in [3.63, 3.8) is 0 Å². The van der Waals surface area contributed by atoms with Crippen LogP contribution in [0, 0.1) is 20.8 Å². The average Bonchev–Trinajstić information content (AvgIpc) is 2.63. The molecule has 0 bridgehead atoms. The van der Waals surface area contributed by atoms with Gasteiger partial charge in [-0.25, -0.2) is 4.98 Å². The van der Waals surface area contributed by atoms with E-state index in [0.29, 0.717) is 33.4 Å². The number of halogens is 1. The zero-order chi connectivity index (χ0) is 20.4. The maximum absolute atomic E-state index is 12.5. The van der Waals surface area contributed by atoms with E-state index in [1.54, 1.807) is 18.2 Å². The molecule has 0 unspecified atom stereocenters. The fourth-order valence-electron chi connectivity index (χ4n) is 3.02. The molecule has 28 heavy (non-hydrogen) atoms. The smallest absolute Gasteiger partial charge is 0.283 e. The van der Waals surface area contributed by atoms with Crippen molar-refractivity contribution in [2.45, 2.75) is 39.4 Å². The van der Waals surface area contributed by atoms with Crippen molar-refractivity contribution < 1.29 is 4.79 Å². The first-order valence-electron chi connectivity index (χ1n) is 8.88. The van der Waals surface area contributed by atoms with E-state index in [9.17, 15) is 9.59 Å². The molecule has 0 fully saturated rings. The van der Waals surface area contributed by atoms with E-state index in [-0.39, 0.29) is 17.2 Å². The minimum absolute atomic E-state index is 0.120. The highest BCUT2D eigenvalue weighted by molar-refractivity contribution is 7.99. The third-order valence-corrected chi connectivity index (χ3v) is 5.80. The summed E-state index contributed by atoms with van der Waals surface area (Å²) in [4.78, 5) is 33.7. The first kappa shape index (κ1) is 20.4. The Hall–Kier alpha value is -2.38. The van der Waals surface area contributed by atoms with Crippen molar-refractivity contribution in [2.75, 3.05) is 11.1 Å².